The van der Waals surface area contributed by atoms with Crippen molar-refractivity contribution < 1.29 is 5.11 Å². The van der Waals surface area contributed by atoms with Gasteiger partial charge in [-0.25, -0.2) is 0 Å². The molecule has 1 aromatic carbocycles. The van der Waals surface area contributed by atoms with E-state index in [-0.39, 0.29) is 11.5 Å². The Kier molecular flexibility index (Phi) is 5.57. The summed E-state index contributed by atoms with van der Waals surface area (Å²) < 4.78 is 0. The zero-order chi connectivity index (χ0) is 20.9. The number of fused-ring (bicyclic) bond motifs is 4. The predicted molar refractivity (Wildman–Crippen MR) is 124 cm³/mol. The van der Waals surface area contributed by atoms with Gasteiger partial charge >= 0.3 is 0 Å². The summed E-state index contributed by atoms with van der Waals surface area (Å²) in [5, 5.41) is 10.2. The smallest absolute Gasteiger partial charge is 0.0583 e. The molecule has 1 saturated carbocycles. The fraction of sp³-hybridized carbons (Fsp3) is 0.643. The number of hydrogen-bond acceptors (Lipinski definition) is 1. The molecule has 0 amide bonds. The molecular weight excluding hydrogens is 352 g/mol. The standard InChI is InChI=1S/C28H40O/c1-17(2)18(3)7-8-19(4)26-11-12-27-25-15-21-9-10-22(29)16-24(21)20(5)23(25)13-14-28(26,27)6/h7-8,13-15,17-19,22,26-27,29H,9-12,16H2,1-6H3/t18-,19+,22-,26+,27-,28+/m0/s1. The van der Waals surface area contributed by atoms with E-state index < -0.39 is 0 Å². The molecule has 6 atom stereocenters. The molecule has 0 unspecified atom stereocenters. The topological polar surface area (TPSA) is 20.2 Å². The highest BCUT2D eigenvalue weighted by atomic mass is 16.3. The van der Waals surface area contributed by atoms with E-state index in [1.54, 1.807) is 5.56 Å². The van der Waals surface area contributed by atoms with Crippen molar-refractivity contribution >= 4 is 6.08 Å². The highest BCUT2D eigenvalue weighted by Crippen LogP contribution is 2.60. The fourth-order valence-corrected chi connectivity index (χ4v) is 6.41. The average molecular weight is 393 g/mol. The van der Waals surface area contributed by atoms with Crippen molar-refractivity contribution in [3.8, 4) is 0 Å². The molecule has 1 aromatic rings. The molecule has 1 fully saturated rings. The fourth-order valence-electron chi connectivity index (χ4n) is 6.41. The average Bonchev–Trinajstić information content (AvgIpc) is 3.04. The van der Waals surface area contributed by atoms with Gasteiger partial charge in [0.05, 0.1) is 6.10 Å². The summed E-state index contributed by atoms with van der Waals surface area (Å²) in [5.41, 5.74) is 7.66. The summed E-state index contributed by atoms with van der Waals surface area (Å²) in [6, 6.07) is 2.53. The van der Waals surface area contributed by atoms with Crippen LogP contribution in [0.1, 0.15) is 87.6 Å². The SMILES string of the molecule is Cc1c2c(cc3c1C[C@@H](O)CC3)[C@@H]1CC[C@H]([C@H](C)C=C[C@H](C)C(C)C)[C@@]1(C)C=C2. The lowest BCUT2D eigenvalue weighted by molar-refractivity contribution is 0.158. The van der Waals surface area contributed by atoms with Gasteiger partial charge in [0.15, 0.2) is 0 Å². The van der Waals surface area contributed by atoms with Crippen molar-refractivity contribution in [2.75, 3.05) is 0 Å². The number of aliphatic hydroxyl groups excluding tert-OH is 1. The van der Waals surface area contributed by atoms with E-state index in [0.717, 1.165) is 19.3 Å². The van der Waals surface area contributed by atoms with E-state index >= 15 is 0 Å². The first-order valence-electron chi connectivity index (χ1n) is 11.9. The number of rotatable bonds is 4. The summed E-state index contributed by atoms with van der Waals surface area (Å²) in [4.78, 5) is 0. The van der Waals surface area contributed by atoms with Crippen molar-refractivity contribution in [3.05, 3.63) is 52.1 Å². The van der Waals surface area contributed by atoms with E-state index in [1.165, 1.54) is 35.1 Å². The number of hydrogen-bond donors (Lipinski definition) is 1. The highest BCUT2D eigenvalue weighted by molar-refractivity contribution is 5.67. The van der Waals surface area contributed by atoms with Crippen LogP contribution in [0.25, 0.3) is 6.08 Å². The Labute approximate surface area is 178 Å². The van der Waals surface area contributed by atoms with E-state index in [2.05, 4.69) is 71.9 Å². The molecule has 4 rings (SSSR count). The molecule has 3 aliphatic carbocycles. The second-order valence-corrected chi connectivity index (χ2v) is 10.8. The number of benzene rings is 1. The maximum Gasteiger partial charge on any atom is 0.0583 e. The van der Waals surface area contributed by atoms with Crippen LogP contribution in [0.5, 0.6) is 0 Å². The van der Waals surface area contributed by atoms with E-state index in [0.29, 0.717) is 29.6 Å². The molecule has 3 aliphatic rings. The molecule has 0 aromatic heterocycles. The predicted octanol–water partition coefficient (Wildman–Crippen LogP) is 6.86. The molecule has 1 nitrogen and oxygen atoms in total. The molecule has 0 bridgehead atoms. The quantitative estimate of drug-likeness (QED) is 0.555. The van der Waals surface area contributed by atoms with E-state index in [4.69, 9.17) is 0 Å². The van der Waals surface area contributed by atoms with Crippen LogP contribution in [0.2, 0.25) is 0 Å². The summed E-state index contributed by atoms with van der Waals surface area (Å²) in [7, 11) is 0. The van der Waals surface area contributed by atoms with Crippen molar-refractivity contribution in [3.63, 3.8) is 0 Å². The molecular formula is C28H40O. The van der Waals surface area contributed by atoms with Gasteiger partial charge in [0.25, 0.3) is 0 Å². The third-order valence-electron chi connectivity index (χ3n) is 8.78. The normalized spacial score (nSPS) is 32.9. The van der Waals surface area contributed by atoms with Gasteiger partial charge in [-0.15, -0.1) is 0 Å². The largest absolute Gasteiger partial charge is 0.393 e. The first-order chi connectivity index (χ1) is 13.7. The Morgan fingerprint density at radius 2 is 1.86 bits per heavy atom. The zero-order valence-electron chi connectivity index (χ0n) is 19.3. The van der Waals surface area contributed by atoms with Crippen molar-refractivity contribution in [1.29, 1.82) is 0 Å². The molecule has 1 N–H and O–H groups in total. The zero-order valence-corrected chi connectivity index (χ0v) is 19.3. The van der Waals surface area contributed by atoms with Crippen LogP contribution in [0.4, 0.5) is 0 Å². The second kappa shape index (κ2) is 7.73. The van der Waals surface area contributed by atoms with E-state index in [9.17, 15) is 5.11 Å². The maximum absolute atomic E-state index is 10.2. The van der Waals surface area contributed by atoms with Gasteiger partial charge < -0.3 is 5.11 Å². The minimum atomic E-state index is -0.159. The first-order valence-corrected chi connectivity index (χ1v) is 11.9. The third kappa shape index (κ3) is 3.54. The molecule has 0 saturated heterocycles. The Bertz CT molecular complexity index is 829. The lowest BCUT2D eigenvalue weighted by atomic mass is 9.63. The van der Waals surface area contributed by atoms with Crippen LogP contribution in [-0.2, 0) is 12.8 Å². The van der Waals surface area contributed by atoms with Crippen LogP contribution in [0, 0.1) is 36.0 Å². The van der Waals surface area contributed by atoms with Gasteiger partial charge in [0, 0.05) is 0 Å². The summed E-state index contributed by atoms with van der Waals surface area (Å²) in [6.07, 6.45) is 15.2. The number of allylic oxidation sites excluding steroid dienone is 3. The van der Waals surface area contributed by atoms with Gasteiger partial charge in [-0.3, -0.25) is 0 Å². The van der Waals surface area contributed by atoms with Gasteiger partial charge in [0.1, 0.15) is 0 Å². The second-order valence-electron chi connectivity index (χ2n) is 10.8. The summed E-state index contributed by atoms with van der Waals surface area (Å²) in [5.74, 6) is 3.33. The van der Waals surface area contributed by atoms with Gasteiger partial charge in [-0.1, -0.05) is 65.0 Å². The van der Waals surface area contributed by atoms with Crippen LogP contribution < -0.4 is 0 Å². The minimum absolute atomic E-state index is 0.159. The maximum atomic E-state index is 10.2. The van der Waals surface area contributed by atoms with E-state index in [1.807, 2.05) is 0 Å². The lowest BCUT2D eigenvalue weighted by Crippen LogP contribution is -2.32. The third-order valence-corrected chi connectivity index (χ3v) is 8.78. The van der Waals surface area contributed by atoms with Crippen molar-refractivity contribution in [1.82, 2.24) is 0 Å². The highest BCUT2D eigenvalue weighted by Gasteiger charge is 2.49. The van der Waals surface area contributed by atoms with Crippen LogP contribution >= 0.6 is 0 Å². The Hall–Kier alpha value is -1.34. The number of aryl methyl sites for hydroxylation is 1. The minimum Gasteiger partial charge on any atom is -0.393 e. The lowest BCUT2D eigenvalue weighted by Gasteiger charge is -2.41. The molecule has 29 heavy (non-hydrogen) atoms. The molecule has 0 aliphatic heterocycles. The number of aliphatic hydroxyl groups is 1. The monoisotopic (exact) mass is 392 g/mol. The van der Waals surface area contributed by atoms with Gasteiger partial charge in [-0.05, 0) is 102 Å². The van der Waals surface area contributed by atoms with Gasteiger partial charge in [-0.2, -0.15) is 0 Å². The summed E-state index contributed by atoms with van der Waals surface area (Å²) >= 11 is 0. The van der Waals surface area contributed by atoms with Crippen molar-refractivity contribution in [2.45, 2.75) is 85.7 Å². The molecule has 1 heteroatoms. The molecule has 158 valence electrons. The van der Waals surface area contributed by atoms with Crippen LogP contribution in [-0.4, -0.2) is 11.2 Å². The molecule has 0 heterocycles. The first kappa shape index (κ1) is 20.9. The van der Waals surface area contributed by atoms with Gasteiger partial charge in [0.2, 0.25) is 0 Å². The molecule has 0 spiro atoms. The van der Waals surface area contributed by atoms with Crippen LogP contribution in [0.15, 0.2) is 24.3 Å². The molecule has 0 radical (unpaired) electrons. The van der Waals surface area contributed by atoms with Crippen molar-refractivity contribution in [2.24, 2.45) is 29.1 Å². The Morgan fingerprint density at radius 3 is 2.59 bits per heavy atom. The van der Waals surface area contributed by atoms with Crippen LogP contribution in [0.3, 0.4) is 0 Å². The Balaban J connectivity index is 1.65. The summed E-state index contributed by atoms with van der Waals surface area (Å²) in [6.45, 7) is 14.2. The Morgan fingerprint density at radius 1 is 1.10 bits per heavy atom.